The van der Waals surface area contributed by atoms with Crippen LogP contribution in [0.3, 0.4) is 0 Å². The Bertz CT molecular complexity index is 1190. The molecule has 0 saturated heterocycles. The number of unbranched alkanes of at least 4 members (excludes halogenated alkanes) is 21. The van der Waals surface area contributed by atoms with Crippen LogP contribution in [0.2, 0.25) is 0 Å². The molecule has 0 aromatic heterocycles. The molecule has 358 valence electrons. The zero-order valence-corrected chi connectivity index (χ0v) is 39.1. The lowest BCUT2D eigenvalue weighted by atomic mass is 9.87. The summed E-state index contributed by atoms with van der Waals surface area (Å²) in [6, 6.07) is 0. The van der Waals surface area contributed by atoms with Gasteiger partial charge in [0, 0.05) is 50.5 Å². The molecule has 1 unspecified atom stereocenters. The predicted molar refractivity (Wildman–Crippen MR) is 241 cm³/mol. The molecule has 1 aliphatic carbocycles. The molecule has 0 bridgehead atoms. The summed E-state index contributed by atoms with van der Waals surface area (Å²) in [5, 5.41) is 31.3. The number of carbonyl (C=O) groups excluding carboxylic acids is 3. The van der Waals surface area contributed by atoms with E-state index in [4.69, 9.17) is 24.3 Å². The monoisotopic (exact) mass is 890 g/mol. The largest absolute Gasteiger partial charge is 0.472 e. The van der Waals surface area contributed by atoms with Crippen LogP contribution in [-0.4, -0.2) is 88.7 Å². The summed E-state index contributed by atoms with van der Waals surface area (Å²) >= 11 is 0. The number of Topliss-reactive ketones (excluding diaryl/α,β-unsaturated/α-hetero) is 1. The van der Waals surface area contributed by atoms with E-state index in [0.717, 1.165) is 38.5 Å². The number of esters is 2. The van der Waals surface area contributed by atoms with Crippen LogP contribution in [0.4, 0.5) is 0 Å². The molecule has 7 atom stereocenters. The van der Waals surface area contributed by atoms with Gasteiger partial charge in [0.25, 0.3) is 0 Å². The Morgan fingerprint density at radius 3 is 1.72 bits per heavy atom. The molecule has 0 aliphatic heterocycles. The van der Waals surface area contributed by atoms with E-state index in [0.29, 0.717) is 25.7 Å². The Labute approximate surface area is 369 Å². The molecule has 0 aromatic rings. The number of ether oxygens (including phenoxy) is 2. The number of hydrogen-bond donors (Lipinski definition) is 5. The lowest BCUT2D eigenvalue weighted by Crippen LogP contribution is -2.29. The van der Waals surface area contributed by atoms with Gasteiger partial charge in [-0.15, -0.1) is 0 Å². The maximum absolute atomic E-state index is 12.8. The van der Waals surface area contributed by atoms with Gasteiger partial charge in [0.05, 0.1) is 31.5 Å². The molecule has 0 heterocycles. The smallest absolute Gasteiger partial charge is 0.462 e. The standard InChI is InChI=1S/C47H88NO12P/c1-3-5-7-8-9-10-11-12-13-14-15-16-17-18-19-20-21-22-24-30-47(54)60-41(38-59-61(55,56)58-34-33-48)37-57-46(53)29-26-25-28-40(50)35-43-42(44(51)36-45(43)52)32-31-39(49)27-23-6-4-2/h31-32,39,41-45,49,51-52H,3-30,33-38,48H2,1-2H3,(H,55,56)/b32-31+/t39-,41+,42+,43+,44+,45-/m0/s1. The lowest BCUT2D eigenvalue weighted by Gasteiger charge is -2.20. The predicted octanol–water partition coefficient (Wildman–Crippen LogP) is 9.73. The van der Waals surface area contributed by atoms with E-state index in [1.807, 2.05) is 0 Å². The molecule has 1 rings (SSSR count). The minimum absolute atomic E-state index is 0.00167. The summed E-state index contributed by atoms with van der Waals surface area (Å²) in [5.41, 5.74) is 5.35. The van der Waals surface area contributed by atoms with Crippen LogP contribution in [0.15, 0.2) is 12.2 Å². The summed E-state index contributed by atoms with van der Waals surface area (Å²) in [6.45, 7) is 3.23. The molecule has 61 heavy (non-hydrogen) atoms. The minimum atomic E-state index is -4.47. The normalized spacial score (nSPS) is 19.9. The SMILES string of the molecule is CCCCCCCCCCCCCCCCCCCCCC(=O)O[C@H](COC(=O)CCCCC(=O)C[C@@H]1[C@@H](/C=C/[C@@H](O)CCCCC)[C@H](O)C[C@@H]1O)COP(=O)(O)OCCN. The molecule has 0 radical (unpaired) electrons. The van der Waals surface area contributed by atoms with Crippen molar-refractivity contribution in [1.29, 1.82) is 0 Å². The van der Waals surface area contributed by atoms with Gasteiger partial charge in [0.1, 0.15) is 12.4 Å². The van der Waals surface area contributed by atoms with Gasteiger partial charge in [-0.05, 0) is 25.7 Å². The molecule has 14 heteroatoms. The van der Waals surface area contributed by atoms with Crippen molar-refractivity contribution in [2.75, 3.05) is 26.4 Å². The van der Waals surface area contributed by atoms with Crippen LogP contribution in [0.5, 0.6) is 0 Å². The average Bonchev–Trinajstić information content (AvgIpc) is 3.49. The Kier molecular flexibility index (Phi) is 35.4. The van der Waals surface area contributed by atoms with Crippen LogP contribution in [0, 0.1) is 11.8 Å². The van der Waals surface area contributed by atoms with E-state index in [1.165, 1.54) is 96.3 Å². The van der Waals surface area contributed by atoms with E-state index in [-0.39, 0.29) is 57.6 Å². The first-order chi connectivity index (χ1) is 29.4. The van der Waals surface area contributed by atoms with Gasteiger partial charge in [-0.1, -0.05) is 161 Å². The Morgan fingerprint density at radius 2 is 1.16 bits per heavy atom. The number of hydrogen-bond acceptors (Lipinski definition) is 12. The molecule has 6 N–H and O–H groups in total. The van der Waals surface area contributed by atoms with Crippen molar-refractivity contribution in [2.24, 2.45) is 17.6 Å². The third-order valence-electron chi connectivity index (χ3n) is 11.6. The van der Waals surface area contributed by atoms with Crippen molar-refractivity contribution < 1.29 is 57.7 Å². The number of phosphoric ester groups is 1. The number of rotatable bonds is 42. The molecule has 13 nitrogen and oxygen atoms in total. The molecule has 1 saturated carbocycles. The Morgan fingerprint density at radius 1 is 0.672 bits per heavy atom. The number of carbonyl (C=O) groups is 3. The molecule has 1 aliphatic rings. The van der Waals surface area contributed by atoms with Crippen molar-refractivity contribution in [2.45, 2.75) is 231 Å². The first-order valence-corrected chi connectivity index (χ1v) is 25.8. The van der Waals surface area contributed by atoms with E-state index in [9.17, 15) is 39.2 Å². The van der Waals surface area contributed by atoms with Crippen molar-refractivity contribution in [3.05, 3.63) is 12.2 Å². The topological polar surface area (TPSA) is 212 Å². The third-order valence-corrected chi connectivity index (χ3v) is 12.6. The van der Waals surface area contributed by atoms with Crippen LogP contribution in [0.25, 0.3) is 0 Å². The van der Waals surface area contributed by atoms with E-state index >= 15 is 0 Å². The quantitative estimate of drug-likeness (QED) is 0.0167. The van der Waals surface area contributed by atoms with Crippen molar-refractivity contribution in [1.82, 2.24) is 0 Å². The fraction of sp³-hybridized carbons (Fsp3) is 0.894. The summed E-state index contributed by atoms with van der Waals surface area (Å²) in [7, 11) is -4.47. The number of aliphatic hydroxyl groups is 3. The first-order valence-electron chi connectivity index (χ1n) is 24.3. The molecule has 1 fully saturated rings. The van der Waals surface area contributed by atoms with Crippen LogP contribution >= 0.6 is 7.82 Å². The van der Waals surface area contributed by atoms with Gasteiger partial charge in [-0.3, -0.25) is 23.4 Å². The minimum Gasteiger partial charge on any atom is -0.462 e. The second kappa shape index (κ2) is 37.7. The van der Waals surface area contributed by atoms with Crippen molar-refractivity contribution in [3.8, 4) is 0 Å². The first kappa shape index (κ1) is 57.3. The number of aliphatic hydroxyl groups excluding tert-OH is 3. The van der Waals surface area contributed by atoms with Crippen LogP contribution in [0.1, 0.15) is 206 Å². The fourth-order valence-corrected chi connectivity index (χ4v) is 8.69. The maximum Gasteiger partial charge on any atom is 0.472 e. The lowest BCUT2D eigenvalue weighted by molar-refractivity contribution is -0.161. The summed E-state index contributed by atoms with van der Waals surface area (Å²) < 4.78 is 32.8. The third kappa shape index (κ3) is 31.7. The summed E-state index contributed by atoms with van der Waals surface area (Å²) in [5.74, 6) is -2.08. The van der Waals surface area contributed by atoms with Gasteiger partial charge in [0.15, 0.2) is 6.10 Å². The summed E-state index contributed by atoms with van der Waals surface area (Å²) in [6.07, 6.45) is 28.7. The molecular weight excluding hydrogens is 801 g/mol. The average molecular weight is 890 g/mol. The molecule has 0 spiro atoms. The van der Waals surface area contributed by atoms with Gasteiger partial charge < -0.3 is 35.4 Å². The van der Waals surface area contributed by atoms with Gasteiger partial charge in [-0.2, -0.15) is 0 Å². The second-order valence-corrected chi connectivity index (χ2v) is 18.8. The van der Waals surface area contributed by atoms with E-state index < -0.39 is 62.6 Å². The highest BCUT2D eigenvalue weighted by atomic mass is 31.2. The van der Waals surface area contributed by atoms with Crippen LogP contribution in [-0.2, 0) is 37.5 Å². The summed E-state index contributed by atoms with van der Waals surface area (Å²) in [4.78, 5) is 48.0. The van der Waals surface area contributed by atoms with E-state index in [1.54, 1.807) is 12.2 Å². The van der Waals surface area contributed by atoms with Gasteiger partial charge >= 0.3 is 19.8 Å². The maximum atomic E-state index is 12.8. The van der Waals surface area contributed by atoms with Crippen molar-refractivity contribution >= 4 is 25.5 Å². The zero-order chi connectivity index (χ0) is 45.0. The highest BCUT2D eigenvalue weighted by Gasteiger charge is 2.41. The van der Waals surface area contributed by atoms with Gasteiger partial charge in [-0.25, -0.2) is 4.57 Å². The fourth-order valence-electron chi connectivity index (χ4n) is 7.93. The highest BCUT2D eigenvalue weighted by molar-refractivity contribution is 7.47. The highest BCUT2D eigenvalue weighted by Crippen LogP contribution is 2.43. The molecule has 0 amide bonds. The Balaban J connectivity index is 2.34. The van der Waals surface area contributed by atoms with Crippen LogP contribution < -0.4 is 5.73 Å². The number of ketones is 1. The molecule has 0 aromatic carbocycles. The number of nitrogens with two attached hydrogens (primary N) is 1. The van der Waals surface area contributed by atoms with E-state index in [2.05, 4.69) is 13.8 Å². The van der Waals surface area contributed by atoms with Crippen molar-refractivity contribution in [3.63, 3.8) is 0 Å². The molecular formula is C47H88NO12P. The second-order valence-electron chi connectivity index (χ2n) is 17.3. The Hall–Kier alpha value is -1.70. The number of phosphoric acid groups is 1. The van der Waals surface area contributed by atoms with Gasteiger partial charge in [0.2, 0.25) is 0 Å². The zero-order valence-electron chi connectivity index (χ0n) is 38.2.